The van der Waals surface area contributed by atoms with Crippen LogP contribution in [0.5, 0.6) is 5.75 Å². The Hall–Kier alpha value is -3.68. The van der Waals surface area contributed by atoms with Gasteiger partial charge in [-0.15, -0.1) is 0 Å². The summed E-state index contributed by atoms with van der Waals surface area (Å²) in [6, 6.07) is 28.9. The molecule has 0 aromatic heterocycles. The van der Waals surface area contributed by atoms with Crippen molar-refractivity contribution in [2.75, 3.05) is 26.7 Å². The van der Waals surface area contributed by atoms with Gasteiger partial charge in [0.25, 0.3) is 0 Å². The number of carbonyl (C=O) groups excluding carboxylic acids is 2. The van der Waals surface area contributed by atoms with Crippen LogP contribution in [0.2, 0.25) is 0 Å². The Morgan fingerprint density at radius 3 is 1.69 bits per heavy atom. The second-order valence-electron chi connectivity index (χ2n) is 18.7. The Balaban J connectivity index is 1.56. The van der Waals surface area contributed by atoms with Crippen molar-refractivity contribution in [1.82, 2.24) is 15.5 Å². The first-order chi connectivity index (χ1) is 29.9. The summed E-state index contributed by atoms with van der Waals surface area (Å²) < 4.78 is 5.99. The fraction of sp³-hybridized carbons (Fsp3) is 0.630. The van der Waals surface area contributed by atoms with Crippen LogP contribution in [0.15, 0.2) is 78.9 Å². The lowest BCUT2D eigenvalue weighted by Crippen LogP contribution is -2.65. The smallest absolute Gasteiger partial charge is 0.224 e. The van der Waals surface area contributed by atoms with E-state index in [-0.39, 0.29) is 54.6 Å². The van der Waals surface area contributed by atoms with Gasteiger partial charge in [-0.05, 0) is 54.0 Å². The lowest BCUT2D eigenvalue weighted by molar-refractivity contribution is -0.131. The maximum atomic E-state index is 14.6. The van der Waals surface area contributed by atoms with E-state index < -0.39 is 0 Å². The molecule has 2 fully saturated rings. The van der Waals surface area contributed by atoms with E-state index in [1.165, 1.54) is 126 Å². The van der Waals surface area contributed by atoms with Crippen molar-refractivity contribution < 1.29 is 14.3 Å². The SMILES string of the molecule is COc1ccc(C(C)C)cc1CN[C@H]1[C@H]2CCCCCCCCCCCCCCCCCCCCCN(C[C@@H]2C(=O)NCCC(N)=O)[C@H]1C(c1ccccc1)c1ccccc1. The molecule has 2 aliphatic rings. The van der Waals surface area contributed by atoms with Crippen LogP contribution >= 0.6 is 0 Å². The fourth-order valence-electron chi connectivity index (χ4n) is 10.4. The third-order valence-electron chi connectivity index (χ3n) is 13.8. The number of hydrogen-bond acceptors (Lipinski definition) is 5. The quantitative estimate of drug-likeness (QED) is 0.169. The Morgan fingerprint density at radius 2 is 1.20 bits per heavy atom. The van der Waals surface area contributed by atoms with E-state index in [1.54, 1.807) is 7.11 Å². The standard InChI is InChI=1S/C54H82N4O3/c1-42(2)45-34-35-49(61-3)46(39-45)40-57-52-47-33-27-19-17-15-13-11-9-7-5-4-6-8-10-12-14-16-18-20-28-38-58(41-48(47)54(60)56-37-36-50(55)59)53(52)51(43-29-23-21-24-30-43)44-31-25-22-26-32-44/h21-26,29-32,34-35,39,42,47-48,51-53,57H,4-20,27-28,33,36-38,40-41H2,1-3H3,(H2,55,59)(H,56,60)/t47-,48-,52-,53-/m0/s1. The number of amides is 2. The number of ether oxygens (including phenoxy) is 1. The van der Waals surface area contributed by atoms with Crippen LogP contribution in [-0.2, 0) is 16.1 Å². The lowest BCUT2D eigenvalue weighted by Gasteiger charge is -2.52. The summed E-state index contributed by atoms with van der Waals surface area (Å²) >= 11 is 0. The third kappa shape index (κ3) is 15.9. The van der Waals surface area contributed by atoms with Crippen molar-refractivity contribution in [3.8, 4) is 5.75 Å². The maximum Gasteiger partial charge on any atom is 0.224 e. The molecule has 4 N–H and O–H groups in total. The van der Waals surface area contributed by atoms with Crippen molar-refractivity contribution in [3.05, 3.63) is 101 Å². The van der Waals surface area contributed by atoms with Gasteiger partial charge in [0.15, 0.2) is 0 Å². The van der Waals surface area contributed by atoms with Gasteiger partial charge >= 0.3 is 0 Å². The number of methoxy groups -OCH3 is 1. The monoisotopic (exact) mass is 835 g/mol. The van der Waals surface area contributed by atoms with Gasteiger partial charge in [-0.25, -0.2) is 0 Å². The van der Waals surface area contributed by atoms with Gasteiger partial charge in [0.1, 0.15) is 5.75 Å². The Morgan fingerprint density at radius 1 is 0.689 bits per heavy atom. The molecule has 5 rings (SSSR count). The second-order valence-corrected chi connectivity index (χ2v) is 18.7. The number of hydrogen-bond donors (Lipinski definition) is 3. The predicted molar refractivity (Wildman–Crippen MR) is 254 cm³/mol. The first-order valence-corrected chi connectivity index (χ1v) is 24.7. The fourth-order valence-corrected chi connectivity index (χ4v) is 10.4. The molecule has 2 bridgehead atoms. The molecule has 2 heterocycles. The molecule has 0 spiro atoms. The molecule has 7 nitrogen and oxygen atoms in total. The first kappa shape index (κ1) is 48.4. The topological polar surface area (TPSA) is 96.7 Å². The lowest BCUT2D eigenvalue weighted by atomic mass is 9.68. The largest absolute Gasteiger partial charge is 0.496 e. The van der Waals surface area contributed by atoms with Gasteiger partial charge in [0, 0.05) is 49.6 Å². The molecule has 3 aromatic carbocycles. The zero-order valence-electron chi connectivity index (χ0n) is 38.4. The Kier molecular flexibility index (Phi) is 21.7. The Bertz CT molecular complexity index is 1630. The van der Waals surface area contributed by atoms with E-state index in [9.17, 15) is 9.59 Å². The summed E-state index contributed by atoms with van der Waals surface area (Å²) in [6.07, 6.45) is 25.9. The van der Waals surface area contributed by atoms with Crippen LogP contribution in [0.1, 0.15) is 183 Å². The highest BCUT2D eigenvalue weighted by Crippen LogP contribution is 2.42. The molecule has 3 aromatic rings. The normalized spacial score (nSPS) is 23.5. The van der Waals surface area contributed by atoms with E-state index in [0.717, 1.165) is 37.1 Å². The van der Waals surface area contributed by atoms with Gasteiger partial charge in [-0.1, -0.05) is 202 Å². The number of piperidine rings is 1. The summed E-state index contributed by atoms with van der Waals surface area (Å²) in [4.78, 5) is 29.2. The molecule has 0 radical (unpaired) electrons. The zero-order chi connectivity index (χ0) is 43.1. The van der Waals surface area contributed by atoms with Crippen molar-refractivity contribution in [2.45, 2.75) is 179 Å². The van der Waals surface area contributed by atoms with Crippen molar-refractivity contribution in [3.63, 3.8) is 0 Å². The van der Waals surface area contributed by atoms with Crippen LogP contribution in [0.25, 0.3) is 0 Å². The maximum absolute atomic E-state index is 14.6. The number of rotatable bonds is 12. The summed E-state index contributed by atoms with van der Waals surface area (Å²) in [6.45, 7) is 7.03. The van der Waals surface area contributed by atoms with Crippen molar-refractivity contribution >= 4 is 11.8 Å². The molecule has 2 saturated heterocycles. The van der Waals surface area contributed by atoms with Crippen LogP contribution < -0.4 is 21.1 Å². The highest BCUT2D eigenvalue weighted by atomic mass is 16.5. The first-order valence-electron chi connectivity index (χ1n) is 24.7. The summed E-state index contributed by atoms with van der Waals surface area (Å²) in [5.41, 5.74) is 10.6. The number of carbonyl (C=O) groups is 2. The predicted octanol–water partition coefficient (Wildman–Crippen LogP) is 11.8. The molecule has 0 aliphatic carbocycles. The molecular weight excluding hydrogens is 753 g/mol. The van der Waals surface area contributed by atoms with Crippen molar-refractivity contribution in [2.24, 2.45) is 17.6 Å². The number of nitrogens with one attached hydrogen (secondary N) is 2. The summed E-state index contributed by atoms with van der Waals surface area (Å²) in [5.74, 6) is 0.890. The number of nitrogens with two attached hydrogens (primary N) is 1. The third-order valence-corrected chi connectivity index (χ3v) is 13.8. The van der Waals surface area contributed by atoms with Crippen LogP contribution in [0, 0.1) is 11.8 Å². The van der Waals surface area contributed by atoms with Crippen LogP contribution in [0.4, 0.5) is 0 Å². The van der Waals surface area contributed by atoms with Gasteiger partial charge in [0.2, 0.25) is 11.8 Å². The van der Waals surface area contributed by atoms with Crippen molar-refractivity contribution in [1.29, 1.82) is 0 Å². The minimum absolute atomic E-state index is 0.00653. The molecule has 7 heteroatoms. The van der Waals surface area contributed by atoms with Gasteiger partial charge in [0.05, 0.1) is 13.0 Å². The average Bonchev–Trinajstić information content (AvgIpc) is 3.27. The summed E-state index contributed by atoms with van der Waals surface area (Å²) in [7, 11) is 1.77. The molecule has 0 saturated carbocycles. The highest BCUT2D eigenvalue weighted by molar-refractivity contribution is 5.80. The van der Waals surface area contributed by atoms with E-state index >= 15 is 0 Å². The van der Waals surface area contributed by atoms with E-state index in [1.807, 2.05) is 0 Å². The minimum atomic E-state index is -0.388. The molecule has 1 unspecified atom stereocenters. The molecule has 61 heavy (non-hydrogen) atoms. The second kappa shape index (κ2) is 27.4. The van der Waals surface area contributed by atoms with Gasteiger partial charge < -0.3 is 21.1 Å². The van der Waals surface area contributed by atoms with E-state index in [4.69, 9.17) is 10.5 Å². The van der Waals surface area contributed by atoms with Gasteiger partial charge in [-0.3, -0.25) is 14.5 Å². The Labute approximate surface area is 370 Å². The van der Waals surface area contributed by atoms with Gasteiger partial charge in [-0.2, -0.15) is 0 Å². The minimum Gasteiger partial charge on any atom is -0.496 e. The molecule has 5 atom stereocenters. The van der Waals surface area contributed by atoms with Crippen LogP contribution in [0.3, 0.4) is 0 Å². The number of primary amides is 1. The van der Waals surface area contributed by atoms with Crippen LogP contribution in [-0.4, -0.2) is 55.5 Å². The zero-order valence-corrected chi connectivity index (χ0v) is 38.4. The summed E-state index contributed by atoms with van der Waals surface area (Å²) in [5, 5.41) is 7.43. The highest BCUT2D eigenvalue weighted by Gasteiger charge is 2.48. The number of benzene rings is 3. The number of fused-ring (bicyclic) bond motifs is 3. The average molecular weight is 835 g/mol. The van der Waals surface area contributed by atoms with E-state index in [2.05, 4.69) is 108 Å². The van der Waals surface area contributed by atoms with E-state index in [0.29, 0.717) is 19.0 Å². The molecule has 2 amide bonds. The molecule has 336 valence electrons. The molecule has 2 aliphatic heterocycles. The molecular formula is C54H82N4O3. The number of nitrogens with zero attached hydrogens (tertiary/aromatic N) is 1.